The summed E-state index contributed by atoms with van der Waals surface area (Å²) < 4.78 is 5.24. The van der Waals surface area contributed by atoms with E-state index in [-0.39, 0.29) is 0 Å². The second-order valence-corrected chi connectivity index (χ2v) is 3.05. The third-order valence-corrected chi connectivity index (χ3v) is 2.10. The van der Waals surface area contributed by atoms with Gasteiger partial charge in [0.15, 0.2) is 0 Å². The number of amidine groups is 1. The lowest BCUT2D eigenvalue weighted by molar-refractivity contribution is 0.291. The summed E-state index contributed by atoms with van der Waals surface area (Å²) in [7, 11) is 1.65. The number of aliphatic imine (C=N–C) groups is 1. The van der Waals surface area contributed by atoms with E-state index in [1.807, 2.05) is 32.2 Å². The first-order chi connectivity index (χ1) is 7.24. The van der Waals surface area contributed by atoms with Crippen LogP contribution >= 0.6 is 0 Å². The van der Waals surface area contributed by atoms with E-state index in [1.165, 1.54) is 0 Å². The van der Waals surface area contributed by atoms with Crippen molar-refractivity contribution in [1.29, 1.82) is 0 Å². The number of ether oxygens (including phenoxy) is 1. The van der Waals surface area contributed by atoms with Crippen LogP contribution in [0.25, 0.3) is 0 Å². The maximum Gasteiger partial charge on any atom is 0.141 e. The Morgan fingerprint density at radius 3 is 2.87 bits per heavy atom. The molecule has 3 nitrogen and oxygen atoms in total. The highest BCUT2D eigenvalue weighted by Gasteiger charge is 2.18. The molecule has 1 aliphatic heterocycles. The second kappa shape index (κ2) is 5.20. The van der Waals surface area contributed by atoms with Crippen molar-refractivity contribution in [1.82, 2.24) is 5.32 Å². The first-order valence-electron chi connectivity index (χ1n) is 4.78. The van der Waals surface area contributed by atoms with Crippen molar-refractivity contribution in [2.45, 2.75) is 13.8 Å². The molecular weight excluding hydrogens is 188 g/mol. The molecule has 0 saturated heterocycles. The minimum atomic E-state index is 0.775. The zero-order valence-electron chi connectivity index (χ0n) is 9.37. The largest absolute Gasteiger partial charge is 0.501 e. The van der Waals surface area contributed by atoms with Crippen molar-refractivity contribution in [3.05, 3.63) is 48.0 Å². The molecule has 0 radical (unpaired) electrons. The Labute approximate surface area is 90.5 Å². The van der Waals surface area contributed by atoms with Crippen molar-refractivity contribution in [2.24, 2.45) is 4.99 Å². The van der Waals surface area contributed by atoms with Crippen LogP contribution in [0.2, 0.25) is 0 Å². The van der Waals surface area contributed by atoms with E-state index < -0.39 is 0 Å². The van der Waals surface area contributed by atoms with Gasteiger partial charge in [0.25, 0.3) is 0 Å². The summed E-state index contributed by atoms with van der Waals surface area (Å²) >= 11 is 0. The van der Waals surface area contributed by atoms with Gasteiger partial charge in [0.05, 0.1) is 12.7 Å². The van der Waals surface area contributed by atoms with E-state index in [1.54, 1.807) is 13.3 Å². The Bertz CT molecular complexity index is 373. The first kappa shape index (κ1) is 11.3. The molecule has 0 bridgehead atoms. The van der Waals surface area contributed by atoms with E-state index in [0.717, 1.165) is 22.7 Å². The molecule has 3 heteroatoms. The molecule has 15 heavy (non-hydrogen) atoms. The maximum absolute atomic E-state index is 5.24. The van der Waals surface area contributed by atoms with Gasteiger partial charge in [0.1, 0.15) is 11.6 Å². The quantitative estimate of drug-likeness (QED) is 0.717. The molecule has 1 N–H and O–H groups in total. The molecule has 0 amide bonds. The lowest BCUT2D eigenvalue weighted by Crippen LogP contribution is -2.19. The van der Waals surface area contributed by atoms with Crippen molar-refractivity contribution < 1.29 is 4.74 Å². The average Bonchev–Trinajstić information content (AvgIpc) is 2.62. The molecule has 1 aliphatic rings. The van der Waals surface area contributed by atoms with Gasteiger partial charge < -0.3 is 10.1 Å². The van der Waals surface area contributed by atoms with Crippen LogP contribution < -0.4 is 5.32 Å². The molecule has 0 spiro atoms. The summed E-state index contributed by atoms with van der Waals surface area (Å²) in [6.07, 6.45) is 7.39. The van der Waals surface area contributed by atoms with Gasteiger partial charge in [0.2, 0.25) is 0 Å². The third-order valence-electron chi connectivity index (χ3n) is 2.10. The van der Waals surface area contributed by atoms with Gasteiger partial charge in [-0.25, -0.2) is 4.99 Å². The first-order valence-corrected chi connectivity index (χ1v) is 4.78. The number of nitrogens with zero attached hydrogens (tertiary/aromatic N) is 1. The average molecular weight is 204 g/mol. The van der Waals surface area contributed by atoms with E-state index in [2.05, 4.69) is 16.9 Å². The van der Waals surface area contributed by atoms with Crippen molar-refractivity contribution >= 4 is 5.84 Å². The van der Waals surface area contributed by atoms with Crippen LogP contribution in [0.4, 0.5) is 0 Å². The van der Waals surface area contributed by atoms with Crippen LogP contribution in [0.3, 0.4) is 0 Å². The number of rotatable bonds is 3. The highest BCUT2D eigenvalue weighted by atomic mass is 16.5. The van der Waals surface area contributed by atoms with Gasteiger partial charge >= 0.3 is 0 Å². The fraction of sp³-hybridized carbons (Fsp3) is 0.250. The monoisotopic (exact) mass is 204 g/mol. The van der Waals surface area contributed by atoms with Crippen molar-refractivity contribution in [2.75, 3.05) is 7.11 Å². The minimum Gasteiger partial charge on any atom is -0.501 e. The maximum atomic E-state index is 5.24. The summed E-state index contributed by atoms with van der Waals surface area (Å²) in [5.41, 5.74) is 2.02. The Morgan fingerprint density at radius 2 is 2.33 bits per heavy atom. The molecule has 1 rings (SSSR count). The molecule has 80 valence electrons. The van der Waals surface area contributed by atoms with E-state index in [4.69, 9.17) is 4.74 Å². The van der Waals surface area contributed by atoms with E-state index in [9.17, 15) is 0 Å². The lowest BCUT2D eigenvalue weighted by Gasteiger charge is -2.09. The van der Waals surface area contributed by atoms with Crippen molar-refractivity contribution in [3.63, 3.8) is 0 Å². The molecule has 0 saturated carbocycles. The molecular formula is C12H16N2O. The predicted octanol–water partition coefficient (Wildman–Crippen LogP) is 2.51. The smallest absolute Gasteiger partial charge is 0.141 e. The van der Waals surface area contributed by atoms with Gasteiger partial charge in [-0.2, -0.15) is 0 Å². The van der Waals surface area contributed by atoms with Gasteiger partial charge in [0, 0.05) is 11.8 Å². The van der Waals surface area contributed by atoms with Crippen molar-refractivity contribution in [3.8, 4) is 0 Å². The Kier molecular flexibility index (Phi) is 3.92. The highest BCUT2D eigenvalue weighted by Crippen LogP contribution is 2.23. The van der Waals surface area contributed by atoms with Crippen LogP contribution in [-0.2, 0) is 4.74 Å². The molecule has 0 aromatic rings. The molecule has 0 unspecified atom stereocenters. The van der Waals surface area contributed by atoms with Crippen LogP contribution in [0.1, 0.15) is 13.8 Å². The number of allylic oxidation sites excluding steroid dienone is 3. The second-order valence-electron chi connectivity index (χ2n) is 3.05. The summed E-state index contributed by atoms with van der Waals surface area (Å²) in [6.45, 7) is 7.50. The summed E-state index contributed by atoms with van der Waals surface area (Å²) in [5.74, 6) is 1.61. The Balaban J connectivity index is 3.07. The summed E-state index contributed by atoms with van der Waals surface area (Å²) in [4.78, 5) is 4.26. The Morgan fingerprint density at radius 1 is 1.60 bits per heavy atom. The highest BCUT2D eigenvalue weighted by molar-refractivity contribution is 6.06. The third kappa shape index (κ3) is 2.37. The summed E-state index contributed by atoms with van der Waals surface area (Å²) in [6, 6.07) is 0. The van der Waals surface area contributed by atoms with Crippen LogP contribution in [0, 0.1) is 0 Å². The van der Waals surface area contributed by atoms with Gasteiger partial charge in [-0.05, 0) is 20.0 Å². The lowest BCUT2D eigenvalue weighted by atomic mass is 10.1. The molecule has 0 aromatic heterocycles. The van der Waals surface area contributed by atoms with Crippen LogP contribution in [0.15, 0.2) is 53.0 Å². The molecule has 0 fully saturated rings. The van der Waals surface area contributed by atoms with Crippen LogP contribution in [0.5, 0.6) is 0 Å². The van der Waals surface area contributed by atoms with E-state index in [0.29, 0.717) is 0 Å². The fourth-order valence-electron chi connectivity index (χ4n) is 1.38. The number of hydrogen-bond donors (Lipinski definition) is 1. The van der Waals surface area contributed by atoms with E-state index >= 15 is 0 Å². The van der Waals surface area contributed by atoms with Crippen LogP contribution in [-0.4, -0.2) is 12.9 Å². The fourth-order valence-corrected chi connectivity index (χ4v) is 1.38. The molecule has 0 aliphatic carbocycles. The minimum absolute atomic E-state index is 0.775. The SMILES string of the molecule is C=CNC1=NC=C(/C=C/C)/C1=C(/C)OC. The number of hydrogen-bond acceptors (Lipinski definition) is 3. The topological polar surface area (TPSA) is 33.6 Å². The number of nitrogens with one attached hydrogen (secondary N) is 1. The van der Waals surface area contributed by atoms with Gasteiger partial charge in [-0.15, -0.1) is 0 Å². The standard InChI is InChI=1S/C12H16N2O/c1-5-7-10-8-14-12(13-6-2)11(10)9(3)15-4/h5-8H,2H2,1,3-4H3,(H,13,14)/b7-5+,11-9+. The summed E-state index contributed by atoms with van der Waals surface area (Å²) in [5, 5.41) is 2.99. The zero-order chi connectivity index (χ0) is 11.3. The molecule has 0 atom stereocenters. The molecule has 1 heterocycles. The Hall–Kier alpha value is -1.77. The number of methoxy groups -OCH3 is 1. The normalized spacial score (nSPS) is 18.6. The zero-order valence-corrected chi connectivity index (χ0v) is 9.37. The van der Waals surface area contributed by atoms with Gasteiger partial charge in [-0.3, -0.25) is 0 Å². The van der Waals surface area contributed by atoms with Gasteiger partial charge in [-0.1, -0.05) is 18.7 Å². The molecule has 0 aromatic carbocycles. The predicted molar refractivity (Wildman–Crippen MR) is 63.4 cm³/mol.